The van der Waals surface area contributed by atoms with E-state index in [1.165, 1.54) is 0 Å². The van der Waals surface area contributed by atoms with E-state index < -0.39 is 48.9 Å². The number of carbonyl (C=O) groups is 4. The highest BCUT2D eigenvalue weighted by Gasteiger charge is 2.29. The molecule has 2 amide bonds. The van der Waals surface area contributed by atoms with Crippen LogP contribution in [0.1, 0.15) is 39.6 Å². The number of rotatable bonds is 8. The third-order valence-electron chi connectivity index (χ3n) is 4.80. The van der Waals surface area contributed by atoms with Gasteiger partial charge >= 0.3 is 11.9 Å². The fraction of sp³-hybridized carbons (Fsp3) is 0.273. The molecular formula is C22H22N2O7. The second-order valence-electron chi connectivity index (χ2n) is 7.21. The van der Waals surface area contributed by atoms with Crippen molar-refractivity contribution in [2.45, 2.75) is 31.9 Å². The first-order chi connectivity index (χ1) is 14.7. The number of primary amides is 1. The van der Waals surface area contributed by atoms with E-state index in [1.54, 1.807) is 24.3 Å². The summed E-state index contributed by atoms with van der Waals surface area (Å²) in [6.07, 6.45) is -0.677. The Hall–Kier alpha value is -3.88. The minimum atomic E-state index is -1.44. The molecule has 9 heteroatoms. The van der Waals surface area contributed by atoms with Gasteiger partial charge in [-0.05, 0) is 30.7 Å². The van der Waals surface area contributed by atoms with Crippen LogP contribution < -0.4 is 15.8 Å². The molecule has 0 spiro atoms. The van der Waals surface area contributed by atoms with Crippen molar-refractivity contribution in [3.8, 4) is 5.75 Å². The number of carboxylic acids is 1. The molecule has 0 aliphatic carbocycles. The van der Waals surface area contributed by atoms with E-state index in [1.807, 2.05) is 25.1 Å². The summed E-state index contributed by atoms with van der Waals surface area (Å²) in [5.74, 6) is -3.07. The third-order valence-corrected chi connectivity index (χ3v) is 4.80. The Morgan fingerprint density at radius 1 is 1.26 bits per heavy atom. The summed E-state index contributed by atoms with van der Waals surface area (Å²) in [6, 6.07) is 11.0. The van der Waals surface area contributed by atoms with Gasteiger partial charge in [0.25, 0.3) is 5.91 Å². The van der Waals surface area contributed by atoms with E-state index in [2.05, 4.69) is 5.32 Å². The van der Waals surface area contributed by atoms with E-state index >= 15 is 0 Å². The van der Waals surface area contributed by atoms with Crippen LogP contribution in [-0.2, 0) is 25.5 Å². The van der Waals surface area contributed by atoms with Gasteiger partial charge in [0.1, 0.15) is 17.9 Å². The van der Waals surface area contributed by atoms with Crippen LogP contribution in [0.15, 0.2) is 42.5 Å². The maximum absolute atomic E-state index is 12.4. The molecule has 2 aromatic rings. The number of aliphatic carboxylic acids is 1. The first-order valence-electron chi connectivity index (χ1n) is 9.57. The number of nitrogens with one attached hydrogen (secondary N) is 1. The second-order valence-corrected chi connectivity index (χ2v) is 7.21. The van der Waals surface area contributed by atoms with Crippen molar-refractivity contribution in [1.29, 1.82) is 0 Å². The molecule has 162 valence electrons. The maximum atomic E-state index is 12.4. The normalized spacial score (nSPS) is 15.9. The van der Waals surface area contributed by atoms with E-state index in [4.69, 9.17) is 20.3 Å². The topological polar surface area (TPSA) is 145 Å². The summed E-state index contributed by atoms with van der Waals surface area (Å²) in [4.78, 5) is 46.7. The molecule has 0 saturated carbocycles. The highest BCUT2D eigenvalue weighted by Crippen LogP contribution is 2.35. The highest BCUT2D eigenvalue weighted by atomic mass is 16.5. The van der Waals surface area contributed by atoms with Crippen molar-refractivity contribution >= 4 is 23.8 Å². The lowest BCUT2D eigenvalue weighted by Gasteiger charge is -2.26. The SMILES string of the molecule is Cc1ccc(OCC(=O)N[C@@H](CC(N)=O)C(=O)O)c([C@@H]2Cc3ccccc3C(=O)O2)c1. The molecule has 31 heavy (non-hydrogen) atoms. The van der Waals surface area contributed by atoms with E-state index in [-0.39, 0.29) is 0 Å². The summed E-state index contributed by atoms with van der Waals surface area (Å²) in [6.45, 7) is 1.38. The van der Waals surface area contributed by atoms with Gasteiger partial charge in [0, 0.05) is 12.0 Å². The van der Waals surface area contributed by atoms with Gasteiger partial charge in [-0.1, -0.05) is 29.8 Å². The Morgan fingerprint density at radius 2 is 2.00 bits per heavy atom. The summed E-state index contributed by atoms with van der Waals surface area (Å²) in [5, 5.41) is 11.3. The highest BCUT2D eigenvalue weighted by molar-refractivity contribution is 5.92. The molecular weight excluding hydrogens is 404 g/mol. The Morgan fingerprint density at radius 3 is 2.71 bits per heavy atom. The molecule has 0 aromatic heterocycles. The van der Waals surface area contributed by atoms with E-state index in [0.29, 0.717) is 23.3 Å². The summed E-state index contributed by atoms with van der Waals surface area (Å²) >= 11 is 0. The Balaban J connectivity index is 1.74. The maximum Gasteiger partial charge on any atom is 0.339 e. The molecule has 0 fully saturated rings. The quantitative estimate of drug-likeness (QED) is 0.539. The third kappa shape index (κ3) is 5.39. The molecule has 9 nitrogen and oxygen atoms in total. The Kier molecular flexibility index (Phi) is 6.54. The van der Waals surface area contributed by atoms with Gasteiger partial charge in [0.15, 0.2) is 6.61 Å². The Labute approximate surface area is 178 Å². The van der Waals surface area contributed by atoms with Crippen LogP contribution in [0.4, 0.5) is 0 Å². The smallest absolute Gasteiger partial charge is 0.339 e. The molecule has 0 bridgehead atoms. The van der Waals surface area contributed by atoms with Gasteiger partial charge < -0.3 is 25.6 Å². The molecule has 2 aromatic carbocycles. The van der Waals surface area contributed by atoms with Gasteiger partial charge in [-0.25, -0.2) is 9.59 Å². The monoisotopic (exact) mass is 426 g/mol. The minimum Gasteiger partial charge on any atom is -0.483 e. The van der Waals surface area contributed by atoms with Crippen molar-refractivity contribution in [1.82, 2.24) is 5.32 Å². The van der Waals surface area contributed by atoms with E-state index in [9.17, 15) is 19.2 Å². The van der Waals surface area contributed by atoms with Crippen LogP contribution in [-0.4, -0.2) is 41.5 Å². The number of ether oxygens (including phenoxy) is 2. The van der Waals surface area contributed by atoms with Crippen LogP contribution in [0.5, 0.6) is 5.75 Å². The van der Waals surface area contributed by atoms with Crippen LogP contribution in [0.2, 0.25) is 0 Å². The first kappa shape index (κ1) is 21.8. The average Bonchev–Trinajstić information content (AvgIpc) is 2.72. The lowest BCUT2D eigenvalue weighted by atomic mass is 9.93. The van der Waals surface area contributed by atoms with E-state index in [0.717, 1.165) is 11.1 Å². The number of fused-ring (bicyclic) bond motifs is 1. The van der Waals surface area contributed by atoms with Crippen molar-refractivity contribution in [2.24, 2.45) is 5.73 Å². The van der Waals surface area contributed by atoms with Crippen molar-refractivity contribution in [2.75, 3.05) is 6.61 Å². The van der Waals surface area contributed by atoms with Crippen molar-refractivity contribution < 1.29 is 33.8 Å². The number of hydrogen-bond donors (Lipinski definition) is 3. The lowest BCUT2D eigenvalue weighted by Crippen LogP contribution is -2.45. The molecule has 2 atom stereocenters. The molecule has 3 rings (SSSR count). The number of carboxylic acid groups (broad SMARTS) is 1. The van der Waals surface area contributed by atoms with Gasteiger partial charge in [-0.15, -0.1) is 0 Å². The number of amides is 2. The number of esters is 1. The minimum absolute atomic E-state index is 0.333. The van der Waals surface area contributed by atoms with Crippen molar-refractivity contribution in [3.63, 3.8) is 0 Å². The predicted molar refractivity (Wildman–Crippen MR) is 108 cm³/mol. The van der Waals surface area contributed by atoms with Crippen LogP contribution in [0.3, 0.4) is 0 Å². The van der Waals surface area contributed by atoms with Crippen LogP contribution in [0.25, 0.3) is 0 Å². The number of aryl methyl sites for hydroxylation is 1. The fourth-order valence-electron chi connectivity index (χ4n) is 3.34. The molecule has 1 aliphatic rings. The number of cyclic esters (lactones) is 1. The zero-order chi connectivity index (χ0) is 22.5. The van der Waals surface area contributed by atoms with Gasteiger partial charge in [-0.3, -0.25) is 9.59 Å². The standard InChI is InChI=1S/C22H22N2O7/c1-12-6-7-17(30-11-20(26)24-16(21(27)28)10-19(23)25)15(8-12)18-9-13-4-2-3-5-14(13)22(29)31-18/h2-8,16,18H,9-11H2,1H3,(H2,23,25)(H,24,26)(H,27,28)/t16-,18-/m0/s1. The number of hydrogen-bond acceptors (Lipinski definition) is 6. The molecule has 4 N–H and O–H groups in total. The van der Waals surface area contributed by atoms with Crippen LogP contribution in [0, 0.1) is 6.92 Å². The number of benzene rings is 2. The number of nitrogens with two attached hydrogens (primary N) is 1. The zero-order valence-corrected chi connectivity index (χ0v) is 16.8. The first-order valence-corrected chi connectivity index (χ1v) is 9.57. The second kappa shape index (κ2) is 9.29. The predicted octanol–water partition coefficient (Wildman–Crippen LogP) is 1.27. The van der Waals surface area contributed by atoms with Gasteiger partial charge in [0.2, 0.25) is 5.91 Å². The summed E-state index contributed by atoms with van der Waals surface area (Å²) < 4.78 is 11.2. The molecule has 1 heterocycles. The van der Waals surface area contributed by atoms with Gasteiger partial charge in [0.05, 0.1) is 12.0 Å². The van der Waals surface area contributed by atoms with Crippen LogP contribution >= 0.6 is 0 Å². The Bertz CT molecular complexity index is 1030. The van der Waals surface area contributed by atoms with Crippen molar-refractivity contribution in [3.05, 3.63) is 64.7 Å². The summed E-state index contributed by atoms with van der Waals surface area (Å²) in [5.41, 5.74) is 7.89. The largest absolute Gasteiger partial charge is 0.483 e. The average molecular weight is 426 g/mol. The lowest BCUT2D eigenvalue weighted by molar-refractivity contribution is -0.143. The molecule has 0 unspecified atom stereocenters. The summed E-state index contributed by atoms with van der Waals surface area (Å²) in [7, 11) is 0. The molecule has 0 saturated heterocycles. The number of carbonyl (C=O) groups excluding carboxylic acids is 3. The van der Waals surface area contributed by atoms with Gasteiger partial charge in [-0.2, -0.15) is 0 Å². The molecule has 1 aliphatic heterocycles. The molecule has 0 radical (unpaired) electrons. The zero-order valence-electron chi connectivity index (χ0n) is 16.8. The fourth-order valence-corrected chi connectivity index (χ4v) is 3.34.